The number of thiophene rings is 1. The average Bonchev–Trinajstić information content (AvgIpc) is 3.17. The first-order valence-corrected chi connectivity index (χ1v) is 8.21. The van der Waals surface area contributed by atoms with Crippen LogP contribution in [0.15, 0.2) is 47.8 Å². The van der Waals surface area contributed by atoms with Crippen molar-refractivity contribution < 1.29 is 4.79 Å². The van der Waals surface area contributed by atoms with Crippen molar-refractivity contribution in [1.29, 1.82) is 0 Å². The summed E-state index contributed by atoms with van der Waals surface area (Å²) in [6, 6.07) is 14.2. The van der Waals surface area contributed by atoms with Gasteiger partial charge in [0.1, 0.15) is 0 Å². The predicted molar refractivity (Wildman–Crippen MR) is 86.4 cm³/mol. The summed E-state index contributed by atoms with van der Waals surface area (Å²) in [6.07, 6.45) is 1.95. The number of carbonyl (C=O) groups is 1. The molecule has 110 valence electrons. The number of amides is 1. The highest BCUT2D eigenvalue weighted by Crippen LogP contribution is 2.28. The quantitative estimate of drug-likeness (QED) is 0.911. The predicted octanol–water partition coefficient (Wildman–Crippen LogP) is 3.10. The van der Waals surface area contributed by atoms with Gasteiger partial charge in [0.25, 0.3) is 0 Å². The highest BCUT2D eigenvalue weighted by atomic mass is 32.1. The lowest BCUT2D eigenvalue weighted by Gasteiger charge is -2.27. The van der Waals surface area contributed by atoms with Gasteiger partial charge in [0.2, 0.25) is 5.91 Å². The third-order valence-corrected chi connectivity index (χ3v) is 5.04. The molecule has 4 heteroatoms. The van der Waals surface area contributed by atoms with E-state index in [0.717, 1.165) is 29.8 Å². The van der Waals surface area contributed by atoms with Crippen LogP contribution >= 0.6 is 11.3 Å². The summed E-state index contributed by atoms with van der Waals surface area (Å²) in [7, 11) is 0. The van der Waals surface area contributed by atoms with Gasteiger partial charge < -0.3 is 10.6 Å². The molecule has 2 atom stereocenters. The second-order valence-electron chi connectivity index (χ2n) is 5.70. The molecule has 0 aliphatic carbocycles. The van der Waals surface area contributed by atoms with Crippen molar-refractivity contribution in [2.75, 3.05) is 6.54 Å². The number of carbonyl (C=O) groups excluding carboxylic acids is 1. The van der Waals surface area contributed by atoms with Crippen molar-refractivity contribution in [3.05, 3.63) is 58.3 Å². The van der Waals surface area contributed by atoms with E-state index in [1.54, 1.807) is 11.3 Å². The van der Waals surface area contributed by atoms with Gasteiger partial charge >= 0.3 is 0 Å². The van der Waals surface area contributed by atoms with Gasteiger partial charge in [0.05, 0.1) is 11.6 Å². The number of hydrogen-bond acceptors (Lipinski definition) is 3. The zero-order chi connectivity index (χ0) is 14.7. The minimum atomic E-state index is -0.440. The van der Waals surface area contributed by atoms with Gasteiger partial charge in [0.15, 0.2) is 0 Å². The Bertz CT molecular complexity index is 589. The lowest BCUT2D eigenvalue weighted by molar-refractivity contribution is -0.127. The zero-order valence-corrected chi connectivity index (χ0v) is 13.0. The summed E-state index contributed by atoms with van der Waals surface area (Å²) in [5.41, 5.74) is 0.680. The molecule has 2 heterocycles. The van der Waals surface area contributed by atoms with Crippen LogP contribution in [-0.4, -0.2) is 18.0 Å². The topological polar surface area (TPSA) is 41.1 Å². The van der Waals surface area contributed by atoms with Gasteiger partial charge in [0, 0.05) is 4.88 Å². The van der Waals surface area contributed by atoms with E-state index >= 15 is 0 Å². The molecule has 3 nitrogen and oxygen atoms in total. The van der Waals surface area contributed by atoms with Crippen LogP contribution < -0.4 is 10.6 Å². The van der Waals surface area contributed by atoms with Crippen LogP contribution in [0.25, 0.3) is 0 Å². The number of nitrogens with one attached hydrogen (secondary N) is 2. The van der Waals surface area contributed by atoms with Gasteiger partial charge in [-0.3, -0.25) is 4.79 Å². The third-order valence-electron chi connectivity index (χ3n) is 4.11. The Morgan fingerprint density at radius 1 is 1.29 bits per heavy atom. The van der Waals surface area contributed by atoms with E-state index in [1.165, 1.54) is 0 Å². The fourth-order valence-electron chi connectivity index (χ4n) is 2.80. The largest absolute Gasteiger partial charge is 0.343 e. The Balaban J connectivity index is 1.85. The molecule has 1 fully saturated rings. The van der Waals surface area contributed by atoms with E-state index < -0.39 is 5.54 Å². The van der Waals surface area contributed by atoms with Crippen LogP contribution in [0.2, 0.25) is 0 Å². The van der Waals surface area contributed by atoms with E-state index in [9.17, 15) is 4.79 Å². The Labute approximate surface area is 129 Å². The molecule has 0 spiro atoms. The van der Waals surface area contributed by atoms with E-state index in [0.29, 0.717) is 0 Å². The van der Waals surface area contributed by atoms with Crippen molar-refractivity contribution in [2.45, 2.75) is 31.3 Å². The molecular formula is C17H20N2OS. The third kappa shape index (κ3) is 3.01. The molecular weight excluding hydrogens is 280 g/mol. The van der Waals surface area contributed by atoms with Crippen LogP contribution in [0.3, 0.4) is 0 Å². The first-order chi connectivity index (χ1) is 10.2. The maximum atomic E-state index is 12.7. The van der Waals surface area contributed by atoms with Gasteiger partial charge in [-0.25, -0.2) is 0 Å². The fraction of sp³-hybridized carbons (Fsp3) is 0.353. The molecule has 1 amide bonds. The highest BCUT2D eigenvalue weighted by molar-refractivity contribution is 7.10. The number of benzene rings is 1. The van der Waals surface area contributed by atoms with Crippen LogP contribution in [-0.2, 0) is 4.79 Å². The van der Waals surface area contributed by atoms with E-state index in [1.807, 2.05) is 36.6 Å². The van der Waals surface area contributed by atoms with E-state index in [4.69, 9.17) is 0 Å². The molecule has 2 aromatic rings. The number of hydrogen-bond donors (Lipinski definition) is 2. The standard InChI is InChI=1S/C17H20N2OS/c1-17(10-6-11-18-17)16(20)19-15(14-9-5-12-21-14)13-7-3-2-4-8-13/h2-5,7-9,12,15,18H,6,10-11H2,1H3,(H,19,20). The SMILES string of the molecule is CC1(C(=O)NC(c2ccccc2)c2cccs2)CCCN1. The van der Waals surface area contributed by atoms with Crippen LogP contribution in [0.4, 0.5) is 0 Å². The molecule has 1 aliphatic heterocycles. The summed E-state index contributed by atoms with van der Waals surface area (Å²) >= 11 is 1.67. The molecule has 3 rings (SSSR count). The average molecular weight is 300 g/mol. The molecule has 0 bridgehead atoms. The molecule has 1 aromatic carbocycles. The lowest BCUT2D eigenvalue weighted by Crippen LogP contribution is -2.52. The Morgan fingerprint density at radius 3 is 2.71 bits per heavy atom. The molecule has 2 N–H and O–H groups in total. The van der Waals surface area contributed by atoms with Crippen molar-refractivity contribution in [2.24, 2.45) is 0 Å². The minimum Gasteiger partial charge on any atom is -0.343 e. The highest BCUT2D eigenvalue weighted by Gasteiger charge is 2.37. The first kappa shape index (κ1) is 14.3. The molecule has 1 aliphatic rings. The summed E-state index contributed by atoms with van der Waals surface area (Å²) in [5, 5.41) is 8.60. The minimum absolute atomic E-state index is 0.0714. The molecule has 0 saturated carbocycles. The van der Waals surface area contributed by atoms with Crippen molar-refractivity contribution in [3.63, 3.8) is 0 Å². The van der Waals surface area contributed by atoms with Gasteiger partial charge in [-0.05, 0) is 43.3 Å². The van der Waals surface area contributed by atoms with Gasteiger partial charge in [-0.2, -0.15) is 0 Å². The molecule has 2 unspecified atom stereocenters. The van der Waals surface area contributed by atoms with Crippen molar-refractivity contribution >= 4 is 17.2 Å². The Morgan fingerprint density at radius 2 is 2.10 bits per heavy atom. The van der Waals surface area contributed by atoms with Crippen molar-refractivity contribution in [1.82, 2.24) is 10.6 Å². The van der Waals surface area contributed by atoms with Crippen molar-refractivity contribution in [3.8, 4) is 0 Å². The first-order valence-electron chi connectivity index (χ1n) is 7.33. The van der Waals surface area contributed by atoms with Crippen LogP contribution in [0.5, 0.6) is 0 Å². The van der Waals surface area contributed by atoms with Crippen LogP contribution in [0, 0.1) is 0 Å². The van der Waals surface area contributed by atoms with Gasteiger partial charge in [-0.1, -0.05) is 36.4 Å². The number of rotatable bonds is 4. The summed E-state index contributed by atoms with van der Waals surface area (Å²) in [4.78, 5) is 13.8. The molecule has 1 aromatic heterocycles. The summed E-state index contributed by atoms with van der Waals surface area (Å²) < 4.78 is 0. The zero-order valence-electron chi connectivity index (χ0n) is 12.1. The molecule has 0 radical (unpaired) electrons. The molecule has 21 heavy (non-hydrogen) atoms. The lowest BCUT2D eigenvalue weighted by atomic mass is 9.97. The molecule has 1 saturated heterocycles. The maximum absolute atomic E-state index is 12.7. The monoisotopic (exact) mass is 300 g/mol. The fourth-order valence-corrected chi connectivity index (χ4v) is 3.60. The summed E-state index contributed by atoms with van der Waals surface area (Å²) in [5.74, 6) is 0.0854. The van der Waals surface area contributed by atoms with E-state index in [2.05, 4.69) is 28.8 Å². The van der Waals surface area contributed by atoms with Gasteiger partial charge in [-0.15, -0.1) is 11.3 Å². The van der Waals surface area contributed by atoms with Crippen LogP contribution in [0.1, 0.15) is 36.2 Å². The van der Waals surface area contributed by atoms with E-state index in [-0.39, 0.29) is 11.9 Å². The second kappa shape index (κ2) is 6.00. The maximum Gasteiger partial charge on any atom is 0.240 e. The normalized spacial score (nSPS) is 22.9. The Kier molecular flexibility index (Phi) is 4.08. The second-order valence-corrected chi connectivity index (χ2v) is 6.67. The smallest absolute Gasteiger partial charge is 0.240 e. The summed E-state index contributed by atoms with van der Waals surface area (Å²) in [6.45, 7) is 2.91. The Hall–Kier alpha value is -1.65.